The van der Waals surface area contributed by atoms with Gasteiger partial charge in [-0.3, -0.25) is 0 Å². The molecule has 0 aliphatic heterocycles. The Morgan fingerprint density at radius 3 is 2.67 bits per heavy atom. The number of aliphatic hydroxyl groups excluding tert-OH is 1. The van der Waals surface area contributed by atoms with E-state index in [-0.39, 0.29) is 6.61 Å². The third kappa shape index (κ3) is 5.71. The van der Waals surface area contributed by atoms with Gasteiger partial charge in [0.2, 0.25) is 0 Å². The molecule has 1 atom stereocenters. The maximum Gasteiger partial charge on any atom is 0.407 e. The first-order chi connectivity index (χ1) is 9.75. The number of rotatable bonds is 4. The number of hydrogen-bond acceptors (Lipinski definition) is 5. The molecule has 4 N–H and O–H groups in total. The van der Waals surface area contributed by atoms with Gasteiger partial charge in [-0.2, -0.15) is 5.26 Å². The van der Waals surface area contributed by atoms with E-state index in [2.05, 4.69) is 5.32 Å². The van der Waals surface area contributed by atoms with E-state index < -0.39 is 17.7 Å². The van der Waals surface area contributed by atoms with Gasteiger partial charge in [-0.05, 0) is 44.9 Å². The normalized spacial score (nSPS) is 12.3. The predicted octanol–water partition coefficient (Wildman–Crippen LogP) is 1.57. The number of nitrogens with two attached hydrogens (primary N) is 1. The summed E-state index contributed by atoms with van der Waals surface area (Å²) in [4.78, 5) is 11.7. The highest BCUT2D eigenvalue weighted by atomic mass is 16.6. The van der Waals surface area contributed by atoms with E-state index >= 15 is 0 Å². The minimum atomic E-state index is -0.594. The quantitative estimate of drug-likeness (QED) is 0.730. The van der Waals surface area contributed by atoms with Crippen molar-refractivity contribution in [3.05, 3.63) is 29.3 Å². The van der Waals surface area contributed by atoms with Crippen molar-refractivity contribution in [1.29, 1.82) is 5.26 Å². The van der Waals surface area contributed by atoms with E-state index in [1.54, 1.807) is 39.0 Å². The molecule has 0 saturated carbocycles. The molecule has 1 aromatic carbocycles. The van der Waals surface area contributed by atoms with E-state index in [4.69, 9.17) is 15.7 Å². The molecule has 1 rings (SSSR count). The van der Waals surface area contributed by atoms with E-state index in [1.807, 2.05) is 6.07 Å². The molecule has 1 amide bonds. The molecule has 114 valence electrons. The van der Waals surface area contributed by atoms with Crippen LogP contribution in [0.4, 0.5) is 10.5 Å². The predicted molar refractivity (Wildman–Crippen MR) is 79.5 cm³/mol. The number of carbonyl (C=O) groups excluding carboxylic acids is 1. The fraction of sp³-hybridized carbons (Fsp3) is 0.467. The zero-order valence-corrected chi connectivity index (χ0v) is 12.5. The van der Waals surface area contributed by atoms with Gasteiger partial charge in [0.1, 0.15) is 11.7 Å². The highest BCUT2D eigenvalue weighted by Gasteiger charge is 2.19. The minimum Gasteiger partial charge on any atom is -0.444 e. The van der Waals surface area contributed by atoms with Crippen LogP contribution in [0.5, 0.6) is 0 Å². The van der Waals surface area contributed by atoms with E-state index in [1.165, 1.54) is 0 Å². The fourth-order valence-corrected chi connectivity index (χ4v) is 1.76. The molecule has 0 aliphatic rings. The second kappa shape index (κ2) is 6.95. The number of carbonyl (C=O) groups is 1. The van der Waals surface area contributed by atoms with Gasteiger partial charge in [-0.1, -0.05) is 6.07 Å². The van der Waals surface area contributed by atoms with Crippen molar-refractivity contribution in [2.24, 2.45) is 0 Å². The largest absolute Gasteiger partial charge is 0.444 e. The van der Waals surface area contributed by atoms with Crippen LogP contribution in [0.15, 0.2) is 18.2 Å². The van der Waals surface area contributed by atoms with Crippen LogP contribution < -0.4 is 11.1 Å². The molecule has 0 aliphatic carbocycles. The lowest BCUT2D eigenvalue weighted by atomic mass is 10.0. The zero-order chi connectivity index (χ0) is 16.0. The van der Waals surface area contributed by atoms with Gasteiger partial charge in [0.25, 0.3) is 0 Å². The summed E-state index contributed by atoms with van der Waals surface area (Å²) < 4.78 is 5.14. The molecular weight excluding hydrogens is 270 g/mol. The Balaban J connectivity index is 2.68. The standard InChI is InChI=1S/C15H21N3O3/c1-15(2,3)21-14(20)18-12(9-19)6-10-4-5-11(8-16)13(17)7-10/h4-5,7,12,19H,6,9,17H2,1-3H3,(H,18,20)/t12-/m1/s1. The number of alkyl carbamates (subject to hydrolysis) is 1. The zero-order valence-electron chi connectivity index (χ0n) is 12.5. The van der Waals surface area contributed by atoms with Crippen LogP contribution >= 0.6 is 0 Å². The van der Waals surface area contributed by atoms with Crippen LogP contribution in [-0.2, 0) is 11.2 Å². The monoisotopic (exact) mass is 291 g/mol. The highest BCUT2D eigenvalue weighted by Crippen LogP contribution is 2.15. The second-order valence-electron chi connectivity index (χ2n) is 5.76. The fourth-order valence-electron chi connectivity index (χ4n) is 1.76. The number of aliphatic hydroxyl groups is 1. The van der Waals surface area contributed by atoms with Gasteiger partial charge in [-0.25, -0.2) is 4.79 Å². The maximum atomic E-state index is 11.7. The van der Waals surface area contributed by atoms with Crippen LogP contribution in [0, 0.1) is 11.3 Å². The summed E-state index contributed by atoms with van der Waals surface area (Å²) in [6, 6.07) is 6.53. The minimum absolute atomic E-state index is 0.223. The summed E-state index contributed by atoms with van der Waals surface area (Å²) in [5.74, 6) is 0. The number of benzene rings is 1. The lowest BCUT2D eigenvalue weighted by Crippen LogP contribution is -2.42. The lowest BCUT2D eigenvalue weighted by Gasteiger charge is -2.22. The molecule has 0 bridgehead atoms. The average molecular weight is 291 g/mol. The van der Waals surface area contributed by atoms with Crippen LogP contribution in [0.3, 0.4) is 0 Å². The molecule has 6 heteroatoms. The van der Waals surface area contributed by atoms with Gasteiger partial charge in [0, 0.05) is 5.69 Å². The Morgan fingerprint density at radius 1 is 1.52 bits per heavy atom. The third-order valence-corrected chi connectivity index (χ3v) is 2.66. The summed E-state index contributed by atoms with van der Waals surface area (Å²) in [5.41, 5.74) is 6.74. The number of ether oxygens (including phenoxy) is 1. The molecule has 0 aromatic heterocycles. The van der Waals surface area contributed by atoms with Gasteiger partial charge < -0.3 is 20.9 Å². The summed E-state index contributed by atoms with van der Waals surface area (Å²) in [5, 5.41) is 20.8. The van der Waals surface area contributed by atoms with Gasteiger partial charge in [0.15, 0.2) is 0 Å². The number of nitriles is 1. The van der Waals surface area contributed by atoms with E-state index in [0.717, 1.165) is 5.56 Å². The molecule has 21 heavy (non-hydrogen) atoms. The van der Waals surface area contributed by atoms with Crippen molar-refractivity contribution in [1.82, 2.24) is 5.32 Å². The number of nitrogens with one attached hydrogen (secondary N) is 1. The molecular formula is C15H21N3O3. The Kier molecular flexibility index (Phi) is 5.56. The maximum absolute atomic E-state index is 11.7. The number of hydrogen-bond donors (Lipinski definition) is 3. The first-order valence-electron chi connectivity index (χ1n) is 6.64. The molecule has 0 radical (unpaired) electrons. The van der Waals surface area contributed by atoms with Crippen molar-refractivity contribution in [2.75, 3.05) is 12.3 Å². The van der Waals surface area contributed by atoms with Crippen LogP contribution in [-0.4, -0.2) is 29.4 Å². The Morgan fingerprint density at radius 2 is 2.19 bits per heavy atom. The van der Waals surface area contributed by atoms with Crippen LogP contribution in [0.2, 0.25) is 0 Å². The number of amides is 1. The smallest absolute Gasteiger partial charge is 0.407 e. The molecule has 0 unspecified atom stereocenters. The van der Waals surface area contributed by atoms with Crippen molar-refractivity contribution in [3.8, 4) is 6.07 Å². The second-order valence-corrected chi connectivity index (χ2v) is 5.76. The molecule has 0 fully saturated rings. The summed E-state index contributed by atoms with van der Waals surface area (Å²) in [6.07, 6.45) is -0.186. The van der Waals surface area contributed by atoms with Crippen LogP contribution in [0.1, 0.15) is 31.9 Å². The molecule has 0 saturated heterocycles. The molecule has 6 nitrogen and oxygen atoms in total. The number of nitrogens with zero attached hydrogens (tertiary/aromatic N) is 1. The Hall–Kier alpha value is -2.26. The number of nitrogen functional groups attached to an aromatic ring is 1. The molecule has 1 aromatic rings. The van der Waals surface area contributed by atoms with E-state index in [0.29, 0.717) is 17.7 Å². The highest BCUT2D eigenvalue weighted by molar-refractivity contribution is 5.68. The van der Waals surface area contributed by atoms with Crippen molar-refractivity contribution >= 4 is 11.8 Å². The van der Waals surface area contributed by atoms with Crippen molar-refractivity contribution < 1.29 is 14.6 Å². The van der Waals surface area contributed by atoms with Crippen molar-refractivity contribution in [3.63, 3.8) is 0 Å². The summed E-state index contributed by atoms with van der Waals surface area (Å²) in [6.45, 7) is 5.07. The SMILES string of the molecule is CC(C)(C)OC(=O)N[C@@H](CO)Cc1ccc(C#N)c(N)c1. The van der Waals surface area contributed by atoms with Gasteiger partial charge in [-0.15, -0.1) is 0 Å². The van der Waals surface area contributed by atoms with Crippen molar-refractivity contribution in [2.45, 2.75) is 38.8 Å². The Labute approximate surface area is 124 Å². The molecule has 0 spiro atoms. The molecule has 0 heterocycles. The Bertz CT molecular complexity index is 544. The summed E-state index contributed by atoms with van der Waals surface area (Å²) >= 11 is 0. The third-order valence-electron chi connectivity index (χ3n) is 2.66. The number of anilines is 1. The van der Waals surface area contributed by atoms with Gasteiger partial charge in [0.05, 0.1) is 18.2 Å². The van der Waals surface area contributed by atoms with E-state index in [9.17, 15) is 9.90 Å². The first-order valence-corrected chi connectivity index (χ1v) is 6.64. The first kappa shape index (κ1) is 16.8. The lowest BCUT2D eigenvalue weighted by molar-refractivity contribution is 0.0483. The summed E-state index contributed by atoms with van der Waals surface area (Å²) in [7, 11) is 0. The topological polar surface area (TPSA) is 108 Å². The van der Waals surface area contributed by atoms with Crippen LogP contribution in [0.25, 0.3) is 0 Å². The average Bonchev–Trinajstić information content (AvgIpc) is 2.36. The van der Waals surface area contributed by atoms with Gasteiger partial charge >= 0.3 is 6.09 Å².